The molecule has 8 heteroatoms. The van der Waals surface area contributed by atoms with E-state index in [1.807, 2.05) is 18.2 Å². The van der Waals surface area contributed by atoms with E-state index in [2.05, 4.69) is 20.5 Å². The standard InChI is InChI=1S/C17H15N5O3/c23-17(13-2-4-16(19-8-13)22-9-20-21-10-22)18-6-5-12-1-3-14-15(7-12)25-11-24-14/h1-4,7-10H,5-6,11H2,(H,18,23). The largest absolute Gasteiger partial charge is 0.454 e. The van der Waals surface area contributed by atoms with Gasteiger partial charge in [-0.25, -0.2) is 4.98 Å². The molecule has 3 aromatic rings. The number of aromatic nitrogens is 4. The van der Waals surface area contributed by atoms with Crippen LogP contribution in [0, 0.1) is 0 Å². The van der Waals surface area contributed by atoms with E-state index in [-0.39, 0.29) is 12.7 Å². The quantitative estimate of drug-likeness (QED) is 0.756. The van der Waals surface area contributed by atoms with Crippen molar-refractivity contribution in [3.05, 3.63) is 60.3 Å². The Kier molecular flexibility index (Phi) is 3.99. The third-order valence-corrected chi connectivity index (χ3v) is 3.83. The molecule has 1 N–H and O–H groups in total. The fourth-order valence-electron chi connectivity index (χ4n) is 2.51. The summed E-state index contributed by atoms with van der Waals surface area (Å²) in [6.45, 7) is 0.777. The molecular formula is C17H15N5O3. The van der Waals surface area contributed by atoms with Crippen LogP contribution >= 0.6 is 0 Å². The van der Waals surface area contributed by atoms with Crippen LogP contribution in [-0.4, -0.2) is 39.0 Å². The Labute approximate surface area is 143 Å². The number of carbonyl (C=O) groups is 1. The van der Waals surface area contributed by atoms with Gasteiger partial charge in [-0.05, 0) is 36.2 Å². The van der Waals surface area contributed by atoms with E-state index in [9.17, 15) is 4.79 Å². The molecule has 0 spiro atoms. The Morgan fingerprint density at radius 1 is 1.12 bits per heavy atom. The minimum Gasteiger partial charge on any atom is -0.454 e. The number of pyridine rings is 1. The zero-order valence-electron chi connectivity index (χ0n) is 13.3. The fourth-order valence-corrected chi connectivity index (χ4v) is 2.51. The van der Waals surface area contributed by atoms with Gasteiger partial charge in [0, 0.05) is 12.7 Å². The van der Waals surface area contributed by atoms with Gasteiger partial charge in [0.1, 0.15) is 18.5 Å². The highest BCUT2D eigenvalue weighted by Gasteiger charge is 2.13. The van der Waals surface area contributed by atoms with E-state index in [1.54, 1.807) is 29.4 Å². The minimum absolute atomic E-state index is 0.163. The summed E-state index contributed by atoms with van der Waals surface area (Å²) in [6, 6.07) is 9.25. The molecule has 2 aromatic heterocycles. The minimum atomic E-state index is -0.163. The number of ether oxygens (including phenoxy) is 2. The van der Waals surface area contributed by atoms with Gasteiger partial charge in [0.25, 0.3) is 5.91 Å². The Bertz CT molecular complexity index is 878. The summed E-state index contributed by atoms with van der Waals surface area (Å²) in [4.78, 5) is 16.4. The molecule has 1 aliphatic heterocycles. The van der Waals surface area contributed by atoms with E-state index < -0.39 is 0 Å². The molecule has 0 saturated heterocycles. The smallest absolute Gasteiger partial charge is 0.252 e. The lowest BCUT2D eigenvalue weighted by Crippen LogP contribution is -2.25. The topological polar surface area (TPSA) is 91.2 Å². The number of rotatable bonds is 5. The van der Waals surface area contributed by atoms with Crippen LogP contribution in [0.15, 0.2) is 49.2 Å². The van der Waals surface area contributed by atoms with Gasteiger partial charge in [0.15, 0.2) is 11.5 Å². The SMILES string of the molecule is O=C(NCCc1ccc2c(c1)OCO2)c1ccc(-n2cnnc2)nc1. The number of hydrogen-bond acceptors (Lipinski definition) is 6. The zero-order valence-corrected chi connectivity index (χ0v) is 13.3. The van der Waals surface area contributed by atoms with Crippen molar-refractivity contribution in [2.75, 3.05) is 13.3 Å². The third kappa shape index (κ3) is 3.27. The third-order valence-electron chi connectivity index (χ3n) is 3.83. The van der Waals surface area contributed by atoms with Crippen molar-refractivity contribution in [2.45, 2.75) is 6.42 Å². The van der Waals surface area contributed by atoms with Crippen LogP contribution in [0.25, 0.3) is 5.82 Å². The molecule has 3 heterocycles. The van der Waals surface area contributed by atoms with Crippen LogP contribution in [0.1, 0.15) is 15.9 Å². The second kappa shape index (κ2) is 6.60. The Morgan fingerprint density at radius 3 is 2.76 bits per heavy atom. The summed E-state index contributed by atoms with van der Waals surface area (Å²) < 4.78 is 12.3. The lowest BCUT2D eigenvalue weighted by Gasteiger charge is -2.07. The van der Waals surface area contributed by atoms with E-state index in [4.69, 9.17) is 9.47 Å². The lowest BCUT2D eigenvalue weighted by molar-refractivity contribution is 0.0954. The van der Waals surface area contributed by atoms with Gasteiger partial charge in [-0.2, -0.15) is 0 Å². The van der Waals surface area contributed by atoms with Crippen LogP contribution in [-0.2, 0) is 6.42 Å². The van der Waals surface area contributed by atoms with Crippen molar-refractivity contribution >= 4 is 5.91 Å². The van der Waals surface area contributed by atoms with Gasteiger partial charge in [-0.15, -0.1) is 10.2 Å². The highest BCUT2D eigenvalue weighted by molar-refractivity contribution is 5.93. The predicted octanol–water partition coefficient (Wildman–Crippen LogP) is 1.36. The molecule has 25 heavy (non-hydrogen) atoms. The van der Waals surface area contributed by atoms with E-state index in [0.717, 1.165) is 17.1 Å². The maximum atomic E-state index is 12.2. The zero-order chi connectivity index (χ0) is 17.1. The second-order valence-electron chi connectivity index (χ2n) is 5.47. The van der Waals surface area contributed by atoms with Crippen LogP contribution in [0.2, 0.25) is 0 Å². The first-order valence-electron chi connectivity index (χ1n) is 7.77. The Morgan fingerprint density at radius 2 is 1.96 bits per heavy atom. The first kappa shape index (κ1) is 15.1. The molecule has 0 atom stereocenters. The van der Waals surface area contributed by atoms with Crippen molar-refractivity contribution in [1.29, 1.82) is 0 Å². The average Bonchev–Trinajstić information content (AvgIpc) is 3.33. The van der Waals surface area contributed by atoms with Crippen molar-refractivity contribution in [3.63, 3.8) is 0 Å². The number of benzene rings is 1. The van der Waals surface area contributed by atoms with Gasteiger partial charge in [-0.1, -0.05) is 6.07 Å². The molecule has 0 unspecified atom stereocenters. The molecule has 1 amide bonds. The summed E-state index contributed by atoms with van der Waals surface area (Å²) in [5.74, 6) is 2.00. The fraction of sp³-hybridized carbons (Fsp3) is 0.176. The summed E-state index contributed by atoms with van der Waals surface area (Å²) in [5, 5.41) is 10.3. The molecule has 1 aliphatic rings. The highest BCUT2D eigenvalue weighted by Crippen LogP contribution is 2.32. The first-order valence-corrected chi connectivity index (χ1v) is 7.77. The van der Waals surface area contributed by atoms with Gasteiger partial charge >= 0.3 is 0 Å². The number of nitrogens with one attached hydrogen (secondary N) is 1. The maximum Gasteiger partial charge on any atom is 0.252 e. The van der Waals surface area contributed by atoms with Crippen LogP contribution in [0.3, 0.4) is 0 Å². The number of hydrogen-bond donors (Lipinski definition) is 1. The normalized spacial score (nSPS) is 12.2. The summed E-state index contributed by atoms with van der Waals surface area (Å²) in [6.07, 6.45) is 5.33. The van der Waals surface area contributed by atoms with Crippen molar-refractivity contribution in [3.8, 4) is 17.3 Å². The van der Waals surface area contributed by atoms with E-state index in [0.29, 0.717) is 24.3 Å². The average molecular weight is 337 g/mol. The van der Waals surface area contributed by atoms with Crippen LogP contribution in [0.5, 0.6) is 11.5 Å². The molecule has 8 nitrogen and oxygen atoms in total. The van der Waals surface area contributed by atoms with Crippen LogP contribution in [0.4, 0.5) is 0 Å². The molecule has 0 saturated carbocycles. The summed E-state index contributed by atoms with van der Waals surface area (Å²) >= 11 is 0. The lowest BCUT2D eigenvalue weighted by atomic mass is 10.1. The molecular weight excluding hydrogens is 322 g/mol. The Balaban J connectivity index is 1.33. The van der Waals surface area contributed by atoms with Gasteiger partial charge in [0.2, 0.25) is 6.79 Å². The predicted molar refractivity (Wildman–Crippen MR) is 87.8 cm³/mol. The van der Waals surface area contributed by atoms with Crippen molar-refractivity contribution < 1.29 is 14.3 Å². The second-order valence-corrected chi connectivity index (χ2v) is 5.47. The van der Waals surface area contributed by atoms with Gasteiger partial charge in [0.05, 0.1) is 5.56 Å². The summed E-state index contributed by atoms with van der Waals surface area (Å²) in [7, 11) is 0. The number of amides is 1. The number of carbonyl (C=O) groups excluding carboxylic acids is 1. The first-order chi connectivity index (χ1) is 12.3. The van der Waals surface area contributed by atoms with Crippen molar-refractivity contribution in [2.24, 2.45) is 0 Å². The molecule has 0 bridgehead atoms. The van der Waals surface area contributed by atoms with E-state index in [1.165, 1.54) is 6.20 Å². The maximum absolute atomic E-state index is 12.2. The molecule has 0 fully saturated rings. The highest BCUT2D eigenvalue weighted by atomic mass is 16.7. The molecule has 0 radical (unpaired) electrons. The van der Waals surface area contributed by atoms with Gasteiger partial charge in [-0.3, -0.25) is 9.36 Å². The molecule has 4 rings (SSSR count). The van der Waals surface area contributed by atoms with Crippen LogP contribution < -0.4 is 14.8 Å². The van der Waals surface area contributed by atoms with E-state index >= 15 is 0 Å². The summed E-state index contributed by atoms with van der Waals surface area (Å²) in [5.41, 5.74) is 1.58. The number of fused-ring (bicyclic) bond motifs is 1. The van der Waals surface area contributed by atoms with Gasteiger partial charge < -0.3 is 14.8 Å². The Hall–Kier alpha value is -3.42. The molecule has 1 aromatic carbocycles. The molecule has 0 aliphatic carbocycles. The van der Waals surface area contributed by atoms with Crippen molar-refractivity contribution in [1.82, 2.24) is 25.1 Å². The number of nitrogens with zero attached hydrogens (tertiary/aromatic N) is 4. The monoisotopic (exact) mass is 337 g/mol. The molecule has 126 valence electrons.